The molecule has 0 fully saturated rings. The first kappa shape index (κ1) is 21.4. The first-order valence-corrected chi connectivity index (χ1v) is 8.88. The molecule has 28 heavy (non-hydrogen) atoms. The van der Waals surface area contributed by atoms with Gasteiger partial charge >= 0.3 is 0 Å². The fourth-order valence-electron chi connectivity index (χ4n) is 2.92. The molecule has 0 radical (unpaired) electrons. The summed E-state index contributed by atoms with van der Waals surface area (Å²) in [6, 6.07) is 11.3. The summed E-state index contributed by atoms with van der Waals surface area (Å²) in [7, 11) is 8.27. The molecule has 0 unspecified atom stereocenters. The van der Waals surface area contributed by atoms with Gasteiger partial charge in [-0.25, -0.2) is 0 Å². The number of ether oxygens (including phenoxy) is 4. The van der Waals surface area contributed by atoms with Gasteiger partial charge in [-0.2, -0.15) is 0 Å². The smallest absolute Gasteiger partial charge is 0.234 e. The van der Waals surface area contributed by atoms with Crippen molar-refractivity contribution in [2.75, 3.05) is 42.0 Å². The molecule has 0 spiro atoms. The highest BCUT2D eigenvalue weighted by atomic mass is 16.5. The topological polar surface area (TPSA) is 69.3 Å². The van der Waals surface area contributed by atoms with E-state index in [1.165, 1.54) is 0 Å². The fourth-order valence-corrected chi connectivity index (χ4v) is 2.92. The van der Waals surface area contributed by atoms with Crippen LogP contribution in [-0.4, -0.2) is 52.8 Å². The Morgan fingerprint density at radius 1 is 0.929 bits per heavy atom. The average Bonchev–Trinajstić information content (AvgIpc) is 2.71. The van der Waals surface area contributed by atoms with E-state index in [0.717, 1.165) is 11.1 Å². The van der Waals surface area contributed by atoms with E-state index in [-0.39, 0.29) is 12.5 Å². The third-order valence-electron chi connectivity index (χ3n) is 4.28. The first-order valence-electron chi connectivity index (χ1n) is 8.88. The van der Waals surface area contributed by atoms with Crippen molar-refractivity contribution in [2.24, 2.45) is 0 Å². The van der Waals surface area contributed by atoms with Gasteiger partial charge in [0.15, 0.2) is 23.0 Å². The van der Waals surface area contributed by atoms with Gasteiger partial charge in [0.2, 0.25) is 5.91 Å². The minimum atomic E-state index is -0.0702. The summed E-state index contributed by atoms with van der Waals surface area (Å²) < 4.78 is 21.3. The van der Waals surface area contributed by atoms with E-state index in [1.807, 2.05) is 48.3 Å². The lowest BCUT2D eigenvalue weighted by Crippen LogP contribution is -2.34. The molecule has 0 aliphatic heterocycles. The van der Waals surface area contributed by atoms with Crippen molar-refractivity contribution in [3.8, 4) is 23.0 Å². The zero-order valence-corrected chi connectivity index (χ0v) is 17.1. The fraction of sp³-hybridized carbons (Fsp3) is 0.381. The second kappa shape index (κ2) is 10.4. The van der Waals surface area contributed by atoms with Crippen molar-refractivity contribution in [2.45, 2.75) is 13.1 Å². The molecule has 0 saturated heterocycles. The van der Waals surface area contributed by atoms with Gasteiger partial charge < -0.3 is 24.3 Å². The zero-order chi connectivity index (χ0) is 20.5. The number of carbonyl (C=O) groups is 1. The monoisotopic (exact) mass is 388 g/mol. The van der Waals surface area contributed by atoms with E-state index >= 15 is 0 Å². The Labute approximate surface area is 166 Å². The number of benzene rings is 2. The normalized spacial score (nSPS) is 10.5. The van der Waals surface area contributed by atoms with Gasteiger partial charge in [0.25, 0.3) is 0 Å². The summed E-state index contributed by atoms with van der Waals surface area (Å²) in [4.78, 5) is 14.2. The lowest BCUT2D eigenvalue weighted by Gasteiger charge is -2.19. The van der Waals surface area contributed by atoms with Gasteiger partial charge in [-0.15, -0.1) is 0 Å². The van der Waals surface area contributed by atoms with Crippen LogP contribution in [0.2, 0.25) is 0 Å². The van der Waals surface area contributed by atoms with Gasteiger partial charge in [-0.05, 0) is 30.8 Å². The van der Waals surface area contributed by atoms with Crippen LogP contribution in [0.3, 0.4) is 0 Å². The minimum Gasteiger partial charge on any atom is -0.493 e. The van der Waals surface area contributed by atoms with Crippen molar-refractivity contribution in [1.29, 1.82) is 0 Å². The van der Waals surface area contributed by atoms with Crippen molar-refractivity contribution < 1.29 is 23.7 Å². The second-order valence-electron chi connectivity index (χ2n) is 6.29. The Morgan fingerprint density at radius 2 is 1.64 bits per heavy atom. The van der Waals surface area contributed by atoms with Crippen molar-refractivity contribution >= 4 is 5.91 Å². The summed E-state index contributed by atoms with van der Waals surface area (Å²) in [6.07, 6.45) is 0. The largest absolute Gasteiger partial charge is 0.493 e. The van der Waals surface area contributed by atoms with Gasteiger partial charge in [0.05, 0.1) is 35.0 Å². The Kier molecular flexibility index (Phi) is 7.95. The molecule has 0 heterocycles. The van der Waals surface area contributed by atoms with E-state index in [9.17, 15) is 4.79 Å². The van der Waals surface area contributed by atoms with Crippen molar-refractivity contribution in [3.63, 3.8) is 0 Å². The van der Waals surface area contributed by atoms with Crippen LogP contribution < -0.4 is 24.3 Å². The number of methoxy groups -OCH3 is 4. The molecular weight excluding hydrogens is 360 g/mol. The number of amides is 1. The molecule has 2 aromatic rings. The maximum Gasteiger partial charge on any atom is 0.234 e. The molecule has 152 valence electrons. The van der Waals surface area contributed by atoms with Crippen LogP contribution in [0.5, 0.6) is 23.0 Å². The van der Waals surface area contributed by atoms with E-state index in [2.05, 4.69) is 5.32 Å². The molecule has 0 aliphatic rings. The number of para-hydroxylation sites is 1. The predicted octanol–water partition coefficient (Wildman–Crippen LogP) is 2.47. The van der Waals surface area contributed by atoms with E-state index in [1.54, 1.807) is 28.4 Å². The molecule has 1 amide bonds. The second-order valence-corrected chi connectivity index (χ2v) is 6.29. The molecule has 0 aromatic heterocycles. The van der Waals surface area contributed by atoms with Crippen LogP contribution >= 0.6 is 0 Å². The molecular formula is C21H28N2O5. The number of nitrogens with one attached hydrogen (secondary N) is 1. The van der Waals surface area contributed by atoms with Gasteiger partial charge in [0, 0.05) is 18.7 Å². The van der Waals surface area contributed by atoms with Crippen LogP contribution in [0.1, 0.15) is 11.1 Å². The van der Waals surface area contributed by atoms with Crippen LogP contribution in [-0.2, 0) is 17.9 Å². The molecule has 0 bridgehead atoms. The van der Waals surface area contributed by atoms with E-state index in [4.69, 9.17) is 18.9 Å². The SMILES string of the molecule is COc1ccc(CNC(=O)CN(C)Cc2cccc(OC)c2OC)cc1OC. The van der Waals surface area contributed by atoms with E-state index < -0.39 is 0 Å². The highest BCUT2D eigenvalue weighted by Crippen LogP contribution is 2.31. The van der Waals surface area contributed by atoms with Crippen molar-refractivity contribution in [3.05, 3.63) is 47.5 Å². The summed E-state index contributed by atoms with van der Waals surface area (Å²) in [6.45, 7) is 1.23. The molecule has 2 aromatic carbocycles. The Bertz CT molecular complexity index is 794. The first-order chi connectivity index (χ1) is 13.5. The third-order valence-corrected chi connectivity index (χ3v) is 4.28. The van der Waals surface area contributed by atoms with Crippen LogP contribution in [0.15, 0.2) is 36.4 Å². The number of carbonyl (C=O) groups excluding carboxylic acids is 1. The molecule has 0 aliphatic carbocycles. The highest BCUT2D eigenvalue weighted by Gasteiger charge is 2.13. The predicted molar refractivity (Wildman–Crippen MR) is 107 cm³/mol. The summed E-state index contributed by atoms with van der Waals surface area (Å²) in [5, 5.41) is 2.92. The summed E-state index contributed by atoms with van der Waals surface area (Å²) >= 11 is 0. The van der Waals surface area contributed by atoms with Gasteiger partial charge in [0.1, 0.15) is 0 Å². The van der Waals surface area contributed by atoms with Crippen molar-refractivity contribution in [1.82, 2.24) is 10.2 Å². The van der Waals surface area contributed by atoms with Crippen LogP contribution in [0.4, 0.5) is 0 Å². The number of likely N-dealkylation sites (N-methyl/N-ethyl adjacent to an activating group) is 1. The Balaban J connectivity index is 1.91. The molecule has 7 heteroatoms. The molecule has 7 nitrogen and oxygen atoms in total. The highest BCUT2D eigenvalue weighted by molar-refractivity contribution is 5.78. The Morgan fingerprint density at radius 3 is 2.29 bits per heavy atom. The zero-order valence-electron chi connectivity index (χ0n) is 17.1. The number of hydrogen-bond donors (Lipinski definition) is 1. The van der Waals surface area contributed by atoms with Crippen LogP contribution in [0.25, 0.3) is 0 Å². The maximum absolute atomic E-state index is 12.3. The summed E-state index contributed by atoms with van der Waals surface area (Å²) in [5.41, 5.74) is 1.89. The Hall–Kier alpha value is -2.93. The molecule has 0 saturated carbocycles. The lowest BCUT2D eigenvalue weighted by molar-refractivity contribution is -0.122. The molecule has 2 rings (SSSR count). The maximum atomic E-state index is 12.3. The minimum absolute atomic E-state index is 0.0702. The number of nitrogens with zero attached hydrogens (tertiary/aromatic N) is 1. The number of rotatable bonds is 10. The average molecular weight is 388 g/mol. The summed E-state index contributed by atoms with van der Waals surface area (Å²) in [5.74, 6) is 2.58. The molecule has 1 N–H and O–H groups in total. The third kappa shape index (κ3) is 5.53. The van der Waals surface area contributed by atoms with Crippen LogP contribution in [0, 0.1) is 0 Å². The number of hydrogen-bond acceptors (Lipinski definition) is 6. The standard InChI is InChI=1S/C21H28N2O5/c1-23(13-16-7-6-8-18(26-3)21(16)28-5)14-20(24)22-12-15-9-10-17(25-2)19(11-15)27-4/h6-11H,12-14H2,1-5H3,(H,22,24). The van der Waals surface area contributed by atoms with Gasteiger partial charge in [-0.3, -0.25) is 9.69 Å². The molecule has 0 atom stereocenters. The quantitative estimate of drug-likeness (QED) is 0.674. The van der Waals surface area contributed by atoms with E-state index in [0.29, 0.717) is 36.1 Å². The van der Waals surface area contributed by atoms with Gasteiger partial charge in [-0.1, -0.05) is 18.2 Å². The lowest BCUT2D eigenvalue weighted by atomic mass is 10.1.